The molecule has 0 fully saturated rings. The van der Waals surface area contributed by atoms with E-state index < -0.39 is 0 Å². The SMILES string of the molecule is COc1cc(C2Nc3ccc(Br)cc3C(c3ccccc3)O2)cc(Br)c1OC. The Labute approximate surface area is 181 Å². The third-order valence-electron chi connectivity index (χ3n) is 4.72. The molecule has 0 amide bonds. The fourth-order valence-corrected chi connectivity index (χ4v) is 4.40. The molecule has 0 spiro atoms. The van der Waals surface area contributed by atoms with Gasteiger partial charge in [0.2, 0.25) is 0 Å². The van der Waals surface area contributed by atoms with Crippen molar-refractivity contribution in [1.29, 1.82) is 0 Å². The number of anilines is 1. The molecule has 1 aliphatic rings. The molecule has 2 atom stereocenters. The van der Waals surface area contributed by atoms with Gasteiger partial charge in [-0.15, -0.1) is 0 Å². The van der Waals surface area contributed by atoms with Crippen LogP contribution in [0.4, 0.5) is 5.69 Å². The Morgan fingerprint density at radius 2 is 1.68 bits per heavy atom. The molecule has 1 aliphatic heterocycles. The summed E-state index contributed by atoms with van der Waals surface area (Å²) in [5, 5.41) is 3.50. The third-order valence-corrected chi connectivity index (χ3v) is 5.80. The van der Waals surface area contributed by atoms with Crippen LogP contribution in [0.2, 0.25) is 0 Å². The van der Waals surface area contributed by atoms with E-state index in [4.69, 9.17) is 14.2 Å². The number of methoxy groups -OCH3 is 2. The smallest absolute Gasteiger partial charge is 0.174 e. The molecule has 4 rings (SSSR count). The molecule has 4 nitrogen and oxygen atoms in total. The molecule has 1 heterocycles. The highest BCUT2D eigenvalue weighted by Crippen LogP contribution is 2.45. The molecule has 144 valence electrons. The Kier molecular flexibility index (Phi) is 5.62. The predicted molar refractivity (Wildman–Crippen MR) is 117 cm³/mol. The van der Waals surface area contributed by atoms with Crippen LogP contribution in [0.3, 0.4) is 0 Å². The Bertz CT molecular complexity index is 995. The number of fused-ring (bicyclic) bond motifs is 1. The van der Waals surface area contributed by atoms with Crippen LogP contribution in [-0.4, -0.2) is 14.2 Å². The van der Waals surface area contributed by atoms with Crippen LogP contribution in [0.15, 0.2) is 69.6 Å². The zero-order valence-corrected chi connectivity index (χ0v) is 18.6. The van der Waals surface area contributed by atoms with Gasteiger partial charge in [0.15, 0.2) is 17.7 Å². The largest absolute Gasteiger partial charge is 0.493 e. The molecule has 0 radical (unpaired) electrons. The first-order chi connectivity index (χ1) is 13.6. The normalized spacial score (nSPS) is 18.1. The van der Waals surface area contributed by atoms with Gasteiger partial charge in [-0.2, -0.15) is 0 Å². The van der Waals surface area contributed by atoms with Gasteiger partial charge < -0.3 is 19.5 Å². The number of hydrogen-bond donors (Lipinski definition) is 1. The minimum Gasteiger partial charge on any atom is -0.493 e. The maximum Gasteiger partial charge on any atom is 0.174 e. The Hall–Kier alpha value is -2.02. The van der Waals surface area contributed by atoms with Gasteiger partial charge in [-0.3, -0.25) is 0 Å². The second-order valence-electron chi connectivity index (χ2n) is 6.42. The van der Waals surface area contributed by atoms with Crippen LogP contribution in [-0.2, 0) is 4.74 Å². The quantitative estimate of drug-likeness (QED) is 0.442. The summed E-state index contributed by atoms with van der Waals surface area (Å²) in [5.41, 5.74) is 4.18. The first-order valence-corrected chi connectivity index (χ1v) is 10.4. The van der Waals surface area contributed by atoms with Crippen molar-refractivity contribution < 1.29 is 14.2 Å². The summed E-state index contributed by atoms with van der Waals surface area (Å²) in [7, 11) is 3.25. The summed E-state index contributed by atoms with van der Waals surface area (Å²) < 4.78 is 19.3. The molecular formula is C22H19Br2NO3. The van der Waals surface area contributed by atoms with Gasteiger partial charge in [-0.05, 0) is 51.8 Å². The van der Waals surface area contributed by atoms with Crippen LogP contribution >= 0.6 is 31.9 Å². The zero-order chi connectivity index (χ0) is 19.7. The topological polar surface area (TPSA) is 39.7 Å². The highest BCUT2D eigenvalue weighted by Gasteiger charge is 2.30. The molecule has 0 saturated carbocycles. The lowest BCUT2D eigenvalue weighted by Gasteiger charge is -2.34. The molecule has 0 aliphatic carbocycles. The van der Waals surface area contributed by atoms with Crippen molar-refractivity contribution in [3.05, 3.63) is 86.3 Å². The summed E-state index contributed by atoms with van der Waals surface area (Å²) >= 11 is 7.15. The van der Waals surface area contributed by atoms with Crippen molar-refractivity contribution in [2.24, 2.45) is 0 Å². The van der Waals surface area contributed by atoms with Gasteiger partial charge in [0, 0.05) is 21.3 Å². The lowest BCUT2D eigenvalue weighted by molar-refractivity contribution is 0.0155. The van der Waals surface area contributed by atoms with E-state index in [1.807, 2.05) is 36.4 Å². The fourth-order valence-electron chi connectivity index (χ4n) is 3.40. The summed E-state index contributed by atoms with van der Waals surface area (Å²) in [4.78, 5) is 0. The zero-order valence-electron chi connectivity index (χ0n) is 15.4. The number of ether oxygens (including phenoxy) is 3. The van der Waals surface area contributed by atoms with Crippen molar-refractivity contribution >= 4 is 37.5 Å². The van der Waals surface area contributed by atoms with Crippen molar-refractivity contribution in [2.75, 3.05) is 19.5 Å². The van der Waals surface area contributed by atoms with E-state index in [0.29, 0.717) is 11.5 Å². The molecule has 6 heteroatoms. The molecule has 3 aromatic rings. The fraction of sp³-hybridized carbons (Fsp3) is 0.182. The minimum absolute atomic E-state index is 0.188. The van der Waals surface area contributed by atoms with Gasteiger partial charge in [0.05, 0.1) is 18.7 Å². The first-order valence-electron chi connectivity index (χ1n) is 8.78. The second kappa shape index (κ2) is 8.15. The van der Waals surface area contributed by atoms with E-state index in [0.717, 1.165) is 31.3 Å². The summed E-state index contributed by atoms with van der Waals surface area (Å²) in [6.45, 7) is 0. The van der Waals surface area contributed by atoms with E-state index in [2.05, 4.69) is 61.4 Å². The number of nitrogens with one attached hydrogen (secondary N) is 1. The van der Waals surface area contributed by atoms with E-state index >= 15 is 0 Å². The third kappa shape index (κ3) is 3.64. The number of hydrogen-bond acceptors (Lipinski definition) is 4. The molecule has 1 N–H and O–H groups in total. The Balaban J connectivity index is 1.79. The van der Waals surface area contributed by atoms with Gasteiger partial charge in [0.25, 0.3) is 0 Å². The van der Waals surface area contributed by atoms with E-state index in [-0.39, 0.29) is 12.3 Å². The summed E-state index contributed by atoms with van der Waals surface area (Å²) in [6, 6.07) is 20.4. The number of halogens is 2. The van der Waals surface area contributed by atoms with Crippen molar-refractivity contribution in [3.8, 4) is 11.5 Å². The predicted octanol–water partition coefficient (Wildman–Crippen LogP) is 6.46. The summed E-state index contributed by atoms with van der Waals surface area (Å²) in [5.74, 6) is 1.31. The van der Waals surface area contributed by atoms with Crippen molar-refractivity contribution in [3.63, 3.8) is 0 Å². The highest BCUT2D eigenvalue weighted by atomic mass is 79.9. The van der Waals surface area contributed by atoms with E-state index in [9.17, 15) is 0 Å². The van der Waals surface area contributed by atoms with Crippen LogP contribution in [0.5, 0.6) is 11.5 Å². The highest BCUT2D eigenvalue weighted by molar-refractivity contribution is 9.10. The van der Waals surface area contributed by atoms with Crippen LogP contribution < -0.4 is 14.8 Å². The van der Waals surface area contributed by atoms with Gasteiger partial charge in [-0.25, -0.2) is 0 Å². The van der Waals surface area contributed by atoms with Gasteiger partial charge in [0.1, 0.15) is 6.10 Å². The minimum atomic E-state index is -0.338. The van der Waals surface area contributed by atoms with Crippen LogP contribution in [0, 0.1) is 0 Å². The number of rotatable bonds is 4. The molecule has 0 bridgehead atoms. The molecule has 0 saturated heterocycles. The number of benzene rings is 3. The van der Waals surface area contributed by atoms with Gasteiger partial charge in [-0.1, -0.05) is 46.3 Å². The molecule has 28 heavy (non-hydrogen) atoms. The first kappa shape index (κ1) is 19.3. The van der Waals surface area contributed by atoms with Crippen LogP contribution in [0.1, 0.15) is 29.0 Å². The average molecular weight is 505 g/mol. The van der Waals surface area contributed by atoms with Crippen molar-refractivity contribution in [2.45, 2.75) is 12.3 Å². The maximum absolute atomic E-state index is 6.52. The molecule has 0 aromatic heterocycles. The lowest BCUT2D eigenvalue weighted by Crippen LogP contribution is -2.25. The Morgan fingerprint density at radius 1 is 0.893 bits per heavy atom. The van der Waals surface area contributed by atoms with Crippen molar-refractivity contribution in [1.82, 2.24) is 0 Å². The molecule has 2 unspecified atom stereocenters. The maximum atomic E-state index is 6.52. The molecular weight excluding hydrogens is 486 g/mol. The molecule has 3 aromatic carbocycles. The van der Waals surface area contributed by atoms with E-state index in [1.54, 1.807) is 14.2 Å². The Morgan fingerprint density at radius 3 is 2.39 bits per heavy atom. The average Bonchev–Trinajstić information content (AvgIpc) is 2.73. The van der Waals surface area contributed by atoms with Crippen LogP contribution in [0.25, 0.3) is 0 Å². The second-order valence-corrected chi connectivity index (χ2v) is 8.19. The van der Waals surface area contributed by atoms with Gasteiger partial charge >= 0.3 is 0 Å². The van der Waals surface area contributed by atoms with E-state index in [1.165, 1.54) is 0 Å². The monoisotopic (exact) mass is 503 g/mol. The lowest BCUT2D eigenvalue weighted by atomic mass is 9.97. The summed E-state index contributed by atoms with van der Waals surface area (Å²) in [6.07, 6.45) is -0.526. The standard InChI is InChI=1S/C22H19Br2NO3/c1-26-19-11-14(10-17(24)21(19)27-2)22-25-18-9-8-15(23)12-16(18)20(28-22)13-6-4-3-5-7-13/h3-12,20,22,25H,1-2H3.